The molecule has 0 fully saturated rings. The Kier molecular flexibility index (Phi) is 5.68. The molecule has 0 radical (unpaired) electrons. The lowest BCUT2D eigenvalue weighted by Gasteiger charge is -2.12. The normalized spacial score (nSPS) is 10.8. The highest BCUT2D eigenvalue weighted by Crippen LogP contribution is 2.28. The van der Waals surface area contributed by atoms with Gasteiger partial charge >= 0.3 is 5.97 Å². The summed E-state index contributed by atoms with van der Waals surface area (Å²) in [7, 11) is 2.71. The number of benzene rings is 2. The number of esters is 1. The van der Waals surface area contributed by atoms with Crippen LogP contribution in [0.1, 0.15) is 26.3 Å². The summed E-state index contributed by atoms with van der Waals surface area (Å²) in [5.74, 6) is -0.706. The Morgan fingerprint density at radius 2 is 1.87 bits per heavy atom. The highest BCUT2D eigenvalue weighted by Gasteiger charge is 2.18. The van der Waals surface area contributed by atoms with Crippen molar-refractivity contribution in [2.45, 2.75) is 6.54 Å². The molecule has 0 saturated carbocycles. The molecule has 2 heterocycles. The zero-order valence-corrected chi connectivity index (χ0v) is 17.6. The Balaban J connectivity index is 1.65. The Morgan fingerprint density at radius 3 is 2.65 bits per heavy atom. The Hall–Kier alpha value is -3.71. The second kappa shape index (κ2) is 8.57. The van der Waals surface area contributed by atoms with E-state index in [1.165, 1.54) is 20.4 Å². The van der Waals surface area contributed by atoms with E-state index in [1.54, 1.807) is 24.3 Å². The molecule has 1 N–H and O–H groups in total. The van der Waals surface area contributed by atoms with Gasteiger partial charge in [-0.2, -0.15) is 0 Å². The number of rotatable bonds is 5. The first kappa shape index (κ1) is 20.6. The zero-order chi connectivity index (χ0) is 22.0. The molecule has 0 spiro atoms. The predicted molar refractivity (Wildman–Crippen MR) is 118 cm³/mol. The summed E-state index contributed by atoms with van der Waals surface area (Å²) in [6.45, 7) is 0.177. The van der Waals surface area contributed by atoms with Gasteiger partial charge < -0.3 is 14.8 Å². The minimum atomic E-state index is -0.565. The number of nitrogens with zero attached hydrogens (tertiary/aromatic N) is 2. The van der Waals surface area contributed by atoms with Gasteiger partial charge in [-0.1, -0.05) is 29.8 Å². The van der Waals surface area contributed by atoms with Gasteiger partial charge in [0.1, 0.15) is 5.56 Å². The number of ether oxygens (including phenoxy) is 2. The number of para-hydroxylation sites is 1. The van der Waals surface area contributed by atoms with Crippen molar-refractivity contribution >= 4 is 45.3 Å². The van der Waals surface area contributed by atoms with E-state index in [2.05, 4.69) is 15.3 Å². The van der Waals surface area contributed by atoms with Gasteiger partial charge in [-0.05, 0) is 35.9 Å². The summed E-state index contributed by atoms with van der Waals surface area (Å²) in [6.07, 6.45) is 1.54. The van der Waals surface area contributed by atoms with E-state index in [1.807, 2.05) is 24.3 Å². The van der Waals surface area contributed by atoms with Crippen LogP contribution in [0.5, 0.6) is 5.88 Å². The third-order valence-corrected chi connectivity index (χ3v) is 5.04. The van der Waals surface area contributed by atoms with E-state index in [0.717, 1.165) is 10.9 Å². The van der Waals surface area contributed by atoms with Gasteiger partial charge in [0.2, 0.25) is 5.88 Å². The first-order valence-corrected chi connectivity index (χ1v) is 9.76. The average molecular weight is 436 g/mol. The standard InChI is InChI=1S/C23H18ClN3O4/c1-30-22-18(23(29)31-2)10-14-8-17(24)9-15(20(14)27-22)11-26-21(28)16-7-13-5-3-4-6-19(13)25-12-16/h3-10,12H,11H2,1-2H3,(H,26,28). The van der Waals surface area contributed by atoms with Crippen molar-refractivity contribution in [3.63, 3.8) is 0 Å². The number of nitrogens with one attached hydrogen (secondary N) is 1. The molecule has 2 aromatic heterocycles. The fourth-order valence-electron chi connectivity index (χ4n) is 3.32. The second-order valence-electron chi connectivity index (χ2n) is 6.77. The van der Waals surface area contributed by atoms with Crippen LogP contribution in [0.25, 0.3) is 21.8 Å². The minimum Gasteiger partial charge on any atom is -0.480 e. The van der Waals surface area contributed by atoms with Crippen molar-refractivity contribution in [1.29, 1.82) is 0 Å². The molecule has 31 heavy (non-hydrogen) atoms. The minimum absolute atomic E-state index is 0.132. The van der Waals surface area contributed by atoms with E-state index in [9.17, 15) is 9.59 Å². The number of amides is 1. The van der Waals surface area contributed by atoms with E-state index < -0.39 is 5.97 Å². The highest BCUT2D eigenvalue weighted by atomic mass is 35.5. The maximum absolute atomic E-state index is 12.7. The number of carbonyl (C=O) groups is 2. The van der Waals surface area contributed by atoms with Crippen molar-refractivity contribution in [2.75, 3.05) is 14.2 Å². The lowest BCUT2D eigenvalue weighted by atomic mass is 10.1. The molecule has 4 rings (SSSR count). The van der Waals surface area contributed by atoms with Crippen LogP contribution in [-0.2, 0) is 11.3 Å². The van der Waals surface area contributed by atoms with E-state index in [0.29, 0.717) is 27.1 Å². The number of methoxy groups -OCH3 is 2. The number of carbonyl (C=O) groups excluding carboxylic acids is 2. The highest BCUT2D eigenvalue weighted by molar-refractivity contribution is 6.31. The van der Waals surface area contributed by atoms with Gasteiger partial charge in [-0.3, -0.25) is 9.78 Å². The van der Waals surface area contributed by atoms with Crippen LogP contribution in [0.2, 0.25) is 5.02 Å². The molecule has 0 saturated heterocycles. The lowest BCUT2D eigenvalue weighted by Crippen LogP contribution is -2.23. The van der Waals surface area contributed by atoms with Crippen LogP contribution >= 0.6 is 11.6 Å². The van der Waals surface area contributed by atoms with Crippen LogP contribution in [0.15, 0.2) is 54.7 Å². The lowest BCUT2D eigenvalue weighted by molar-refractivity contribution is 0.0596. The summed E-state index contributed by atoms with van der Waals surface area (Å²) in [6, 6.07) is 14.4. The second-order valence-corrected chi connectivity index (χ2v) is 7.21. The van der Waals surface area contributed by atoms with Gasteiger partial charge in [-0.25, -0.2) is 9.78 Å². The average Bonchev–Trinajstić information content (AvgIpc) is 2.80. The Bertz CT molecular complexity index is 1320. The molecule has 4 aromatic rings. The van der Waals surface area contributed by atoms with Gasteiger partial charge in [0.15, 0.2) is 0 Å². The number of halogens is 1. The molecule has 7 nitrogen and oxygen atoms in total. The Labute approximate surface area is 183 Å². The first-order chi connectivity index (χ1) is 15.0. The SMILES string of the molecule is COC(=O)c1cc2cc(Cl)cc(CNC(=O)c3cnc4ccccc4c3)c2nc1OC. The van der Waals surface area contributed by atoms with Crippen LogP contribution in [0, 0.1) is 0 Å². The molecule has 2 aromatic carbocycles. The van der Waals surface area contributed by atoms with Gasteiger partial charge in [0, 0.05) is 28.5 Å². The summed E-state index contributed by atoms with van der Waals surface area (Å²) < 4.78 is 10.0. The Morgan fingerprint density at radius 1 is 1.06 bits per heavy atom. The maximum atomic E-state index is 12.7. The molecule has 156 valence electrons. The van der Waals surface area contributed by atoms with Crippen molar-refractivity contribution in [3.8, 4) is 5.88 Å². The van der Waals surface area contributed by atoms with Crippen LogP contribution in [0.4, 0.5) is 0 Å². The van der Waals surface area contributed by atoms with Crippen LogP contribution in [0.3, 0.4) is 0 Å². The molecule has 0 unspecified atom stereocenters. The quantitative estimate of drug-likeness (QED) is 0.473. The van der Waals surface area contributed by atoms with E-state index in [4.69, 9.17) is 21.1 Å². The van der Waals surface area contributed by atoms with Crippen molar-refractivity contribution in [3.05, 3.63) is 76.4 Å². The van der Waals surface area contributed by atoms with E-state index in [-0.39, 0.29) is 23.9 Å². The monoisotopic (exact) mass is 435 g/mol. The third-order valence-electron chi connectivity index (χ3n) is 4.82. The molecular weight excluding hydrogens is 418 g/mol. The molecule has 0 atom stereocenters. The molecule has 8 heteroatoms. The molecule has 0 aliphatic heterocycles. The summed E-state index contributed by atoms with van der Waals surface area (Å²) >= 11 is 6.26. The van der Waals surface area contributed by atoms with Gasteiger partial charge in [-0.15, -0.1) is 0 Å². The van der Waals surface area contributed by atoms with E-state index >= 15 is 0 Å². The predicted octanol–water partition coefficient (Wildman–Crippen LogP) is 4.16. The largest absolute Gasteiger partial charge is 0.480 e. The summed E-state index contributed by atoms with van der Waals surface area (Å²) in [5, 5.41) is 4.84. The van der Waals surface area contributed by atoms with Gasteiger partial charge in [0.25, 0.3) is 5.91 Å². The molecule has 0 aliphatic carbocycles. The third kappa shape index (κ3) is 4.13. The number of aromatic nitrogens is 2. The smallest absolute Gasteiger partial charge is 0.343 e. The summed E-state index contributed by atoms with van der Waals surface area (Å²) in [4.78, 5) is 33.5. The zero-order valence-electron chi connectivity index (χ0n) is 16.8. The van der Waals surface area contributed by atoms with Crippen LogP contribution < -0.4 is 10.1 Å². The maximum Gasteiger partial charge on any atom is 0.343 e. The number of fused-ring (bicyclic) bond motifs is 2. The van der Waals surface area contributed by atoms with Crippen LogP contribution in [-0.4, -0.2) is 36.1 Å². The van der Waals surface area contributed by atoms with Crippen molar-refractivity contribution in [2.24, 2.45) is 0 Å². The first-order valence-electron chi connectivity index (χ1n) is 9.38. The van der Waals surface area contributed by atoms with Gasteiger partial charge in [0.05, 0.1) is 30.8 Å². The molecule has 1 amide bonds. The fraction of sp³-hybridized carbons (Fsp3) is 0.130. The molecular formula is C23H18ClN3O4. The number of hydrogen-bond acceptors (Lipinski definition) is 6. The molecule has 0 bridgehead atoms. The summed E-state index contributed by atoms with van der Waals surface area (Å²) in [5.41, 5.74) is 2.70. The number of pyridine rings is 2. The fourth-order valence-corrected chi connectivity index (χ4v) is 3.57. The topological polar surface area (TPSA) is 90.4 Å². The van der Waals surface area contributed by atoms with Crippen molar-refractivity contribution < 1.29 is 19.1 Å². The number of hydrogen-bond donors (Lipinski definition) is 1. The molecule has 0 aliphatic rings. The van der Waals surface area contributed by atoms with Crippen molar-refractivity contribution in [1.82, 2.24) is 15.3 Å².